The van der Waals surface area contributed by atoms with E-state index in [0.29, 0.717) is 0 Å². The van der Waals surface area contributed by atoms with Gasteiger partial charge >= 0.3 is 0 Å². The van der Waals surface area contributed by atoms with Crippen LogP contribution in [0.2, 0.25) is 0 Å². The van der Waals surface area contributed by atoms with Crippen LogP contribution in [-0.2, 0) is 0 Å². The molecular formula is C14H16N2O. The Hall–Kier alpha value is -1.87. The molecule has 1 atom stereocenters. The van der Waals surface area contributed by atoms with Crippen molar-refractivity contribution in [2.45, 2.75) is 6.04 Å². The predicted molar refractivity (Wildman–Crippen MR) is 68.1 cm³/mol. The minimum absolute atomic E-state index is 0.138. The Morgan fingerprint density at radius 3 is 2.65 bits per heavy atom. The van der Waals surface area contributed by atoms with Crippen molar-refractivity contribution in [1.29, 1.82) is 0 Å². The lowest BCUT2D eigenvalue weighted by Crippen LogP contribution is -2.17. The molecule has 0 saturated carbocycles. The fourth-order valence-electron chi connectivity index (χ4n) is 1.89. The Morgan fingerprint density at radius 1 is 1.18 bits per heavy atom. The van der Waals surface area contributed by atoms with E-state index in [1.165, 1.54) is 5.56 Å². The van der Waals surface area contributed by atoms with Crippen LogP contribution in [0.4, 0.5) is 0 Å². The summed E-state index contributed by atoms with van der Waals surface area (Å²) in [6, 6.07) is 12.2. The molecule has 0 radical (unpaired) electrons. The molecule has 17 heavy (non-hydrogen) atoms. The van der Waals surface area contributed by atoms with Crippen LogP contribution in [-0.4, -0.2) is 19.1 Å². The second-order valence-electron chi connectivity index (χ2n) is 3.78. The highest BCUT2D eigenvalue weighted by molar-refractivity contribution is 5.35. The lowest BCUT2D eigenvalue weighted by molar-refractivity contribution is 0.414. The first-order chi connectivity index (χ1) is 8.35. The van der Waals surface area contributed by atoms with E-state index in [2.05, 4.69) is 22.4 Å². The maximum atomic E-state index is 5.24. The van der Waals surface area contributed by atoms with Crippen LogP contribution in [0.3, 0.4) is 0 Å². The van der Waals surface area contributed by atoms with Gasteiger partial charge in [-0.15, -0.1) is 0 Å². The fourth-order valence-corrected chi connectivity index (χ4v) is 1.89. The summed E-state index contributed by atoms with van der Waals surface area (Å²) in [5.41, 5.74) is 2.31. The number of hydrogen-bond donors (Lipinski definition) is 1. The average molecular weight is 228 g/mol. The normalized spacial score (nSPS) is 12.1. The summed E-state index contributed by atoms with van der Waals surface area (Å²) in [7, 11) is 3.62. The fraction of sp³-hybridized carbons (Fsp3) is 0.214. The van der Waals surface area contributed by atoms with E-state index in [1.54, 1.807) is 13.3 Å². The summed E-state index contributed by atoms with van der Waals surface area (Å²) in [5, 5.41) is 3.29. The van der Waals surface area contributed by atoms with Crippen molar-refractivity contribution in [1.82, 2.24) is 10.3 Å². The first kappa shape index (κ1) is 11.6. The highest BCUT2D eigenvalue weighted by Gasteiger charge is 2.12. The van der Waals surface area contributed by atoms with Crippen LogP contribution in [0.5, 0.6) is 5.75 Å². The van der Waals surface area contributed by atoms with E-state index in [-0.39, 0.29) is 6.04 Å². The number of nitrogens with zero attached hydrogens (tertiary/aromatic N) is 1. The van der Waals surface area contributed by atoms with Gasteiger partial charge in [0.05, 0.1) is 13.2 Å². The van der Waals surface area contributed by atoms with Gasteiger partial charge in [0.15, 0.2) is 0 Å². The number of ether oxygens (including phenoxy) is 1. The van der Waals surface area contributed by atoms with Gasteiger partial charge < -0.3 is 10.1 Å². The topological polar surface area (TPSA) is 34.2 Å². The van der Waals surface area contributed by atoms with Crippen molar-refractivity contribution in [2.75, 3.05) is 14.2 Å². The Kier molecular flexibility index (Phi) is 3.73. The third-order valence-corrected chi connectivity index (χ3v) is 2.73. The van der Waals surface area contributed by atoms with Crippen molar-refractivity contribution < 1.29 is 4.74 Å². The SMILES string of the molecule is CNC(c1cccnc1)c1cccc(OC)c1. The number of rotatable bonds is 4. The molecular weight excluding hydrogens is 212 g/mol. The molecule has 1 N–H and O–H groups in total. The van der Waals surface area contributed by atoms with Gasteiger partial charge in [-0.3, -0.25) is 4.98 Å². The summed E-state index contributed by atoms with van der Waals surface area (Å²) >= 11 is 0. The third-order valence-electron chi connectivity index (χ3n) is 2.73. The molecule has 1 unspecified atom stereocenters. The molecule has 1 aromatic carbocycles. The highest BCUT2D eigenvalue weighted by atomic mass is 16.5. The van der Waals surface area contributed by atoms with Crippen LogP contribution in [0.15, 0.2) is 48.8 Å². The van der Waals surface area contributed by atoms with E-state index in [9.17, 15) is 0 Å². The van der Waals surface area contributed by atoms with E-state index >= 15 is 0 Å². The highest BCUT2D eigenvalue weighted by Crippen LogP contribution is 2.24. The third kappa shape index (κ3) is 2.63. The minimum atomic E-state index is 0.138. The van der Waals surface area contributed by atoms with E-state index in [1.807, 2.05) is 37.5 Å². The zero-order valence-electron chi connectivity index (χ0n) is 10.1. The number of nitrogens with one attached hydrogen (secondary N) is 1. The van der Waals surface area contributed by atoms with Gasteiger partial charge in [0.1, 0.15) is 5.75 Å². The van der Waals surface area contributed by atoms with E-state index in [4.69, 9.17) is 4.74 Å². The Balaban J connectivity index is 2.35. The molecule has 2 aromatic rings. The minimum Gasteiger partial charge on any atom is -0.497 e. The molecule has 0 aliphatic heterocycles. The predicted octanol–water partition coefficient (Wildman–Crippen LogP) is 2.40. The van der Waals surface area contributed by atoms with Crippen molar-refractivity contribution >= 4 is 0 Å². The summed E-state index contributed by atoms with van der Waals surface area (Å²) in [5.74, 6) is 0.867. The van der Waals surface area contributed by atoms with Crippen LogP contribution >= 0.6 is 0 Å². The van der Waals surface area contributed by atoms with Gasteiger partial charge in [-0.1, -0.05) is 18.2 Å². The molecule has 2 rings (SSSR count). The van der Waals surface area contributed by atoms with Crippen LogP contribution in [0.25, 0.3) is 0 Å². The number of methoxy groups -OCH3 is 1. The van der Waals surface area contributed by atoms with E-state index < -0.39 is 0 Å². The van der Waals surface area contributed by atoms with Gasteiger partial charge in [-0.25, -0.2) is 0 Å². The molecule has 88 valence electrons. The number of aromatic nitrogens is 1. The quantitative estimate of drug-likeness (QED) is 0.872. The zero-order chi connectivity index (χ0) is 12.1. The lowest BCUT2D eigenvalue weighted by Gasteiger charge is -2.17. The van der Waals surface area contributed by atoms with Crippen molar-refractivity contribution in [3.05, 3.63) is 59.9 Å². The van der Waals surface area contributed by atoms with Crippen molar-refractivity contribution in [2.24, 2.45) is 0 Å². The van der Waals surface area contributed by atoms with Gasteiger partial charge in [0, 0.05) is 12.4 Å². The molecule has 3 heteroatoms. The van der Waals surface area contributed by atoms with Crippen molar-refractivity contribution in [3.8, 4) is 5.75 Å². The molecule has 0 aliphatic rings. The van der Waals surface area contributed by atoms with E-state index in [0.717, 1.165) is 11.3 Å². The van der Waals surface area contributed by atoms with Crippen molar-refractivity contribution in [3.63, 3.8) is 0 Å². The summed E-state index contributed by atoms with van der Waals surface area (Å²) in [6.45, 7) is 0. The summed E-state index contributed by atoms with van der Waals surface area (Å²) < 4.78 is 5.24. The molecule has 3 nitrogen and oxygen atoms in total. The molecule has 1 aromatic heterocycles. The Bertz CT molecular complexity index is 471. The maximum Gasteiger partial charge on any atom is 0.119 e. The first-order valence-electron chi connectivity index (χ1n) is 5.56. The summed E-state index contributed by atoms with van der Waals surface area (Å²) in [4.78, 5) is 4.15. The van der Waals surface area contributed by atoms with Gasteiger partial charge in [-0.05, 0) is 36.4 Å². The second-order valence-corrected chi connectivity index (χ2v) is 3.78. The summed E-state index contributed by atoms with van der Waals surface area (Å²) in [6.07, 6.45) is 3.66. The number of benzene rings is 1. The molecule has 0 aliphatic carbocycles. The largest absolute Gasteiger partial charge is 0.497 e. The van der Waals surface area contributed by atoms with Gasteiger partial charge in [-0.2, -0.15) is 0 Å². The van der Waals surface area contributed by atoms with Crippen LogP contribution in [0, 0.1) is 0 Å². The van der Waals surface area contributed by atoms with Crippen LogP contribution in [0.1, 0.15) is 17.2 Å². The molecule has 1 heterocycles. The first-order valence-corrected chi connectivity index (χ1v) is 5.56. The number of pyridine rings is 1. The van der Waals surface area contributed by atoms with Gasteiger partial charge in [0.25, 0.3) is 0 Å². The smallest absolute Gasteiger partial charge is 0.119 e. The molecule has 0 spiro atoms. The molecule has 0 saturated heterocycles. The lowest BCUT2D eigenvalue weighted by atomic mass is 10.0. The Morgan fingerprint density at radius 2 is 2.00 bits per heavy atom. The zero-order valence-corrected chi connectivity index (χ0v) is 10.1. The van der Waals surface area contributed by atoms with Crippen LogP contribution < -0.4 is 10.1 Å². The Labute approximate surface area is 101 Å². The maximum absolute atomic E-state index is 5.24. The molecule has 0 bridgehead atoms. The number of hydrogen-bond acceptors (Lipinski definition) is 3. The monoisotopic (exact) mass is 228 g/mol. The molecule has 0 amide bonds. The standard InChI is InChI=1S/C14H16N2O/c1-15-14(12-6-4-8-16-10-12)11-5-3-7-13(9-11)17-2/h3-10,14-15H,1-2H3. The van der Waals surface area contributed by atoms with Gasteiger partial charge in [0.2, 0.25) is 0 Å². The molecule has 0 fully saturated rings. The average Bonchev–Trinajstić information content (AvgIpc) is 2.41. The second kappa shape index (κ2) is 5.46.